The summed E-state index contributed by atoms with van der Waals surface area (Å²) in [6.45, 7) is 1.37. The van der Waals surface area contributed by atoms with Crippen molar-refractivity contribution in [2.75, 3.05) is 18.5 Å². The molecular weight excluding hydrogens is 385 g/mol. The summed E-state index contributed by atoms with van der Waals surface area (Å²) < 4.78 is 49.0. The largest absolute Gasteiger partial charge is 0.387 e. The second kappa shape index (κ2) is 6.84. The predicted molar refractivity (Wildman–Crippen MR) is 100 cm³/mol. The van der Waals surface area contributed by atoms with Gasteiger partial charge in [0.2, 0.25) is 0 Å². The van der Waals surface area contributed by atoms with E-state index < -0.39 is 28.7 Å². The molecule has 152 valence electrons. The summed E-state index contributed by atoms with van der Waals surface area (Å²) in [6, 6.07) is 6.11. The zero-order chi connectivity index (χ0) is 20.8. The van der Waals surface area contributed by atoms with Crippen LogP contribution in [0.2, 0.25) is 0 Å². The highest BCUT2D eigenvalue weighted by molar-refractivity contribution is 6.02. The topological polar surface area (TPSA) is 89.6 Å². The van der Waals surface area contributed by atoms with Crippen LogP contribution in [0.5, 0.6) is 0 Å². The van der Waals surface area contributed by atoms with Crippen LogP contribution in [0.3, 0.4) is 0 Å². The Morgan fingerprint density at radius 2 is 2.07 bits per heavy atom. The lowest BCUT2D eigenvalue weighted by Gasteiger charge is -2.41. The van der Waals surface area contributed by atoms with Crippen LogP contribution in [0.25, 0.3) is 0 Å². The summed E-state index contributed by atoms with van der Waals surface area (Å²) in [5.74, 6) is -1.94. The number of aliphatic imine (C=N–C) groups is 1. The highest BCUT2D eigenvalue weighted by Crippen LogP contribution is 2.51. The molecule has 3 heterocycles. The lowest BCUT2D eigenvalue weighted by molar-refractivity contribution is 0.0589. The maximum Gasteiger partial charge on any atom is 0.274 e. The number of ether oxygens (including phenoxy) is 1. The van der Waals surface area contributed by atoms with E-state index in [9.17, 15) is 13.6 Å². The van der Waals surface area contributed by atoms with E-state index >= 15 is 4.39 Å². The van der Waals surface area contributed by atoms with Crippen LogP contribution in [0.15, 0.2) is 41.5 Å². The number of nitrogens with two attached hydrogens (primary N) is 1. The van der Waals surface area contributed by atoms with Crippen molar-refractivity contribution in [2.45, 2.75) is 24.6 Å². The van der Waals surface area contributed by atoms with E-state index in [2.05, 4.69) is 15.3 Å². The van der Waals surface area contributed by atoms with Crippen molar-refractivity contribution in [2.24, 2.45) is 16.6 Å². The molecule has 1 amide bonds. The van der Waals surface area contributed by atoms with E-state index in [4.69, 9.17) is 10.5 Å². The first kappa shape index (κ1) is 19.4. The van der Waals surface area contributed by atoms with E-state index in [1.54, 1.807) is 6.92 Å². The Labute approximate surface area is 165 Å². The number of carbonyl (C=O) groups is 1. The molecule has 1 saturated heterocycles. The summed E-state index contributed by atoms with van der Waals surface area (Å²) in [5.41, 5.74) is 2.58. The van der Waals surface area contributed by atoms with Gasteiger partial charge >= 0.3 is 0 Å². The van der Waals surface area contributed by atoms with Gasteiger partial charge in [-0.1, -0.05) is 6.92 Å². The van der Waals surface area contributed by atoms with E-state index in [0.29, 0.717) is 0 Å². The van der Waals surface area contributed by atoms with Gasteiger partial charge < -0.3 is 15.8 Å². The van der Waals surface area contributed by atoms with Crippen LogP contribution in [0, 0.1) is 17.6 Å². The van der Waals surface area contributed by atoms with Crippen molar-refractivity contribution < 1.29 is 22.7 Å². The van der Waals surface area contributed by atoms with Gasteiger partial charge in [0.1, 0.15) is 22.9 Å². The molecule has 0 aliphatic carbocycles. The Morgan fingerprint density at radius 3 is 2.79 bits per heavy atom. The summed E-state index contributed by atoms with van der Waals surface area (Å²) in [5, 5.41) is 2.56. The molecule has 0 spiro atoms. The molecular formula is C20H19F3N4O2. The zero-order valence-electron chi connectivity index (χ0n) is 15.6. The van der Waals surface area contributed by atoms with E-state index in [0.717, 1.165) is 18.3 Å². The number of hydrogen-bond acceptors (Lipinski definition) is 5. The first-order valence-corrected chi connectivity index (χ1v) is 9.09. The van der Waals surface area contributed by atoms with Gasteiger partial charge in [-0.05, 0) is 36.8 Å². The normalized spacial score (nSPS) is 28.6. The second-order valence-electron chi connectivity index (χ2n) is 7.47. The fourth-order valence-electron chi connectivity index (χ4n) is 3.89. The number of pyridine rings is 1. The summed E-state index contributed by atoms with van der Waals surface area (Å²) >= 11 is 0. The molecule has 4 rings (SSSR count). The van der Waals surface area contributed by atoms with Crippen LogP contribution >= 0.6 is 0 Å². The summed E-state index contributed by atoms with van der Waals surface area (Å²) in [4.78, 5) is 20.4. The standard InChI is InChI=1S/C20H19F3N4O2/c1-11-7-19(23)9-29-10-20(19,27-17(11)24)14-6-13(3-4-15(14)22)26-18(28)16-5-2-12(21)8-25-16/h2-6,8,11H,7,9-10H2,1H3,(H2,24,27)(H,26,28)/t11-,19-,20+/m0/s1. The van der Waals surface area contributed by atoms with E-state index in [-0.39, 0.29) is 48.3 Å². The SMILES string of the molecule is C[C@H]1C[C@]2(F)COC[C@]2(c2cc(NC(=O)c3ccc(F)cn3)ccc2F)N=C1N. The second-order valence-corrected chi connectivity index (χ2v) is 7.47. The fraction of sp³-hybridized carbons (Fsp3) is 0.350. The van der Waals surface area contributed by atoms with Gasteiger partial charge in [-0.25, -0.2) is 18.2 Å². The smallest absolute Gasteiger partial charge is 0.274 e. The number of halogens is 3. The van der Waals surface area contributed by atoms with Crippen molar-refractivity contribution in [1.82, 2.24) is 4.98 Å². The third-order valence-electron chi connectivity index (χ3n) is 5.47. The number of carbonyl (C=O) groups excluding carboxylic acids is 1. The molecule has 2 aliphatic rings. The van der Waals surface area contributed by atoms with Crippen molar-refractivity contribution in [1.29, 1.82) is 0 Å². The number of fused-ring (bicyclic) bond motifs is 1. The third kappa shape index (κ3) is 3.15. The lowest BCUT2D eigenvalue weighted by Crippen LogP contribution is -2.53. The number of aromatic nitrogens is 1. The lowest BCUT2D eigenvalue weighted by atomic mass is 9.71. The van der Waals surface area contributed by atoms with E-state index in [1.165, 1.54) is 18.2 Å². The number of hydrogen-bond donors (Lipinski definition) is 2. The number of alkyl halides is 1. The van der Waals surface area contributed by atoms with Gasteiger partial charge in [0, 0.05) is 17.2 Å². The first-order chi connectivity index (χ1) is 13.7. The molecule has 6 nitrogen and oxygen atoms in total. The van der Waals surface area contributed by atoms with Crippen molar-refractivity contribution in [3.63, 3.8) is 0 Å². The number of nitrogens with one attached hydrogen (secondary N) is 1. The molecule has 1 aromatic heterocycles. The molecule has 0 saturated carbocycles. The average Bonchev–Trinajstić information content (AvgIpc) is 3.01. The average molecular weight is 404 g/mol. The molecule has 3 atom stereocenters. The Morgan fingerprint density at radius 1 is 1.28 bits per heavy atom. The van der Waals surface area contributed by atoms with Gasteiger partial charge in [-0.3, -0.25) is 9.79 Å². The van der Waals surface area contributed by atoms with Gasteiger partial charge in [0.25, 0.3) is 5.91 Å². The number of anilines is 1. The maximum absolute atomic E-state index is 15.8. The highest BCUT2D eigenvalue weighted by Gasteiger charge is 2.62. The number of rotatable bonds is 3. The number of amidine groups is 1. The quantitative estimate of drug-likeness (QED) is 0.823. The van der Waals surface area contributed by atoms with Gasteiger partial charge in [-0.2, -0.15) is 0 Å². The van der Waals surface area contributed by atoms with Gasteiger partial charge in [0.15, 0.2) is 5.67 Å². The van der Waals surface area contributed by atoms with Crippen molar-refractivity contribution in [3.05, 3.63) is 59.4 Å². The van der Waals surface area contributed by atoms with Crippen LogP contribution in [-0.2, 0) is 10.3 Å². The molecule has 0 bridgehead atoms. The molecule has 29 heavy (non-hydrogen) atoms. The molecule has 9 heteroatoms. The van der Waals surface area contributed by atoms with E-state index in [1.807, 2.05) is 0 Å². The van der Waals surface area contributed by atoms with Gasteiger partial charge in [-0.15, -0.1) is 0 Å². The Kier molecular flexibility index (Phi) is 4.57. The molecule has 0 unspecified atom stereocenters. The highest BCUT2D eigenvalue weighted by atomic mass is 19.1. The van der Waals surface area contributed by atoms with Gasteiger partial charge in [0.05, 0.1) is 25.2 Å². The number of benzene rings is 1. The molecule has 1 fully saturated rings. The molecule has 2 aromatic rings. The first-order valence-electron chi connectivity index (χ1n) is 9.09. The maximum atomic E-state index is 15.8. The Hall–Kier alpha value is -2.94. The molecule has 1 aromatic carbocycles. The Balaban J connectivity index is 1.72. The zero-order valence-corrected chi connectivity index (χ0v) is 15.6. The van der Waals surface area contributed by atoms with Crippen LogP contribution < -0.4 is 11.1 Å². The minimum absolute atomic E-state index is 0.0202. The van der Waals surface area contributed by atoms with Crippen LogP contribution in [0.4, 0.5) is 18.9 Å². The molecule has 0 radical (unpaired) electrons. The third-order valence-corrected chi connectivity index (χ3v) is 5.47. The van der Waals surface area contributed by atoms with Crippen LogP contribution in [0.1, 0.15) is 29.4 Å². The van der Waals surface area contributed by atoms with Crippen molar-refractivity contribution in [3.8, 4) is 0 Å². The minimum atomic E-state index is -1.92. The number of nitrogens with zero attached hydrogens (tertiary/aromatic N) is 2. The molecule has 2 aliphatic heterocycles. The predicted octanol–water partition coefficient (Wildman–Crippen LogP) is 2.94. The van der Waals surface area contributed by atoms with Crippen LogP contribution in [-0.4, -0.2) is 35.6 Å². The Bertz CT molecular complexity index is 998. The minimum Gasteiger partial charge on any atom is -0.387 e. The van der Waals surface area contributed by atoms with Crippen molar-refractivity contribution >= 4 is 17.4 Å². The monoisotopic (exact) mass is 404 g/mol. The number of amides is 1. The summed E-state index contributed by atoms with van der Waals surface area (Å²) in [7, 11) is 0. The summed E-state index contributed by atoms with van der Waals surface area (Å²) in [6.07, 6.45) is 0.968. The molecule has 3 N–H and O–H groups in total. The fourth-order valence-corrected chi connectivity index (χ4v) is 3.89.